The van der Waals surface area contributed by atoms with Crippen molar-refractivity contribution in [3.8, 4) is 0 Å². The fraction of sp³-hybridized carbons (Fsp3) is 0.0714. The predicted molar refractivity (Wildman–Crippen MR) is 80.5 cm³/mol. The molecule has 0 amide bonds. The van der Waals surface area contributed by atoms with Gasteiger partial charge in [0.05, 0.1) is 15.4 Å². The fourth-order valence-corrected chi connectivity index (χ4v) is 1.95. The molecule has 0 saturated carbocycles. The summed E-state index contributed by atoms with van der Waals surface area (Å²) in [5, 5.41) is 33.4. The molecule has 0 atom stereocenters. The first kappa shape index (κ1) is 15.9. The Balaban J connectivity index is 2.23. The topological polar surface area (TPSA) is 136 Å². The van der Waals surface area contributed by atoms with Crippen molar-refractivity contribution in [1.82, 2.24) is 0 Å². The smallest absolute Gasteiger partial charge is 0.338 e. The van der Waals surface area contributed by atoms with Crippen molar-refractivity contribution >= 4 is 23.0 Å². The zero-order valence-electron chi connectivity index (χ0n) is 11.6. The molecule has 0 fully saturated rings. The number of nitro benzene ring substituents is 2. The molecule has 0 heterocycles. The maximum absolute atomic E-state index is 11.2. The second-order valence-corrected chi connectivity index (χ2v) is 4.57. The molecule has 2 aromatic carbocycles. The summed E-state index contributed by atoms with van der Waals surface area (Å²) in [7, 11) is 0. The normalized spacial score (nSPS) is 10.1. The summed E-state index contributed by atoms with van der Waals surface area (Å²) in [5.74, 6) is -1.31. The Hall–Kier alpha value is -3.49. The first-order chi connectivity index (χ1) is 10.9. The van der Waals surface area contributed by atoms with Crippen LogP contribution in [0, 0.1) is 20.2 Å². The lowest BCUT2D eigenvalue weighted by Crippen LogP contribution is -2.07. The monoisotopic (exact) mass is 317 g/mol. The zero-order valence-corrected chi connectivity index (χ0v) is 11.6. The van der Waals surface area contributed by atoms with Gasteiger partial charge in [-0.1, -0.05) is 12.1 Å². The first-order valence-corrected chi connectivity index (χ1v) is 6.37. The lowest BCUT2D eigenvalue weighted by atomic mass is 10.1. The molecule has 0 unspecified atom stereocenters. The maximum atomic E-state index is 11.2. The third-order valence-corrected chi connectivity index (χ3v) is 3.05. The second kappa shape index (κ2) is 6.52. The molecule has 0 saturated heterocycles. The van der Waals surface area contributed by atoms with Crippen LogP contribution in [0.15, 0.2) is 42.5 Å². The van der Waals surface area contributed by atoms with Gasteiger partial charge in [-0.2, -0.15) is 0 Å². The molecule has 0 aromatic heterocycles. The van der Waals surface area contributed by atoms with Gasteiger partial charge in [-0.15, -0.1) is 0 Å². The molecule has 9 nitrogen and oxygen atoms in total. The number of nitro groups is 2. The summed E-state index contributed by atoms with van der Waals surface area (Å²) in [6.45, 7) is 0.139. The molecule has 0 radical (unpaired) electrons. The highest BCUT2D eigenvalue weighted by atomic mass is 16.6. The number of nitrogens with zero attached hydrogens (tertiary/aromatic N) is 2. The van der Waals surface area contributed by atoms with E-state index in [4.69, 9.17) is 5.11 Å². The van der Waals surface area contributed by atoms with Gasteiger partial charge in [0, 0.05) is 36.5 Å². The molecular formula is C14H11N3O6. The molecule has 2 rings (SSSR count). The lowest BCUT2D eigenvalue weighted by molar-refractivity contribution is -0.385. The number of carboxylic acids is 1. The Bertz CT molecular complexity index is 790. The number of aromatic carboxylic acids is 1. The fourth-order valence-electron chi connectivity index (χ4n) is 1.95. The molecule has 118 valence electrons. The lowest BCUT2D eigenvalue weighted by Gasteiger charge is -2.09. The van der Waals surface area contributed by atoms with E-state index in [2.05, 4.69) is 5.32 Å². The van der Waals surface area contributed by atoms with Crippen LogP contribution in [0.25, 0.3) is 0 Å². The number of carbonyl (C=O) groups is 1. The van der Waals surface area contributed by atoms with Crippen molar-refractivity contribution in [2.75, 3.05) is 5.32 Å². The van der Waals surface area contributed by atoms with Crippen LogP contribution < -0.4 is 5.32 Å². The van der Waals surface area contributed by atoms with Gasteiger partial charge in [-0.05, 0) is 11.6 Å². The van der Waals surface area contributed by atoms with Gasteiger partial charge in [0.1, 0.15) is 0 Å². The molecule has 0 aliphatic rings. The minimum Gasteiger partial charge on any atom is -0.478 e. The standard InChI is InChI=1S/C14H11N3O6/c18-14(19)12-7-11(17(22)23)4-5-13(12)15-8-9-2-1-3-10(6-9)16(20)21/h1-7,15H,8H2,(H,18,19). The third-order valence-electron chi connectivity index (χ3n) is 3.05. The quantitative estimate of drug-likeness (QED) is 0.617. The van der Waals surface area contributed by atoms with E-state index >= 15 is 0 Å². The number of hydrogen-bond acceptors (Lipinski definition) is 6. The summed E-state index contributed by atoms with van der Waals surface area (Å²) in [5.41, 5.74) is 0.114. The van der Waals surface area contributed by atoms with Crippen LogP contribution in [0.4, 0.5) is 17.1 Å². The van der Waals surface area contributed by atoms with Crippen LogP contribution in [-0.2, 0) is 6.54 Å². The Morgan fingerprint density at radius 3 is 2.30 bits per heavy atom. The molecular weight excluding hydrogens is 306 g/mol. The van der Waals surface area contributed by atoms with Gasteiger partial charge >= 0.3 is 5.97 Å². The molecule has 2 N–H and O–H groups in total. The zero-order chi connectivity index (χ0) is 17.0. The van der Waals surface area contributed by atoms with Gasteiger partial charge in [-0.3, -0.25) is 20.2 Å². The van der Waals surface area contributed by atoms with E-state index in [1.807, 2.05) is 0 Å². The molecule has 0 spiro atoms. The number of hydrogen-bond donors (Lipinski definition) is 2. The minimum absolute atomic E-state index is 0.0774. The van der Waals surface area contributed by atoms with Crippen molar-refractivity contribution in [3.63, 3.8) is 0 Å². The highest BCUT2D eigenvalue weighted by molar-refractivity contribution is 5.95. The van der Waals surface area contributed by atoms with Crippen LogP contribution >= 0.6 is 0 Å². The molecule has 9 heteroatoms. The van der Waals surface area contributed by atoms with Crippen molar-refractivity contribution < 1.29 is 19.7 Å². The Labute approximate surface area is 129 Å². The minimum atomic E-state index is -1.31. The van der Waals surface area contributed by atoms with E-state index in [1.165, 1.54) is 30.3 Å². The summed E-state index contributed by atoms with van der Waals surface area (Å²) < 4.78 is 0. The SMILES string of the molecule is O=C(O)c1cc([N+](=O)[O-])ccc1NCc1cccc([N+](=O)[O-])c1. The average molecular weight is 317 g/mol. The molecule has 0 aliphatic carbocycles. The van der Waals surface area contributed by atoms with E-state index in [0.29, 0.717) is 5.56 Å². The molecule has 23 heavy (non-hydrogen) atoms. The van der Waals surface area contributed by atoms with Crippen molar-refractivity contribution in [1.29, 1.82) is 0 Å². The Kier molecular flexibility index (Phi) is 4.50. The van der Waals surface area contributed by atoms with E-state index < -0.39 is 15.8 Å². The summed E-state index contributed by atoms with van der Waals surface area (Å²) >= 11 is 0. The number of benzene rings is 2. The van der Waals surface area contributed by atoms with Gasteiger partial charge in [0.2, 0.25) is 0 Å². The highest BCUT2D eigenvalue weighted by Gasteiger charge is 2.16. The van der Waals surface area contributed by atoms with Crippen molar-refractivity contribution in [2.45, 2.75) is 6.54 Å². The summed E-state index contributed by atoms with van der Waals surface area (Å²) in [6, 6.07) is 9.30. The highest BCUT2D eigenvalue weighted by Crippen LogP contribution is 2.23. The Morgan fingerprint density at radius 1 is 1.04 bits per heavy atom. The van der Waals surface area contributed by atoms with Crippen LogP contribution in [0.2, 0.25) is 0 Å². The van der Waals surface area contributed by atoms with Crippen LogP contribution in [0.3, 0.4) is 0 Å². The third kappa shape index (κ3) is 3.79. The van der Waals surface area contributed by atoms with E-state index in [9.17, 15) is 25.0 Å². The number of non-ortho nitro benzene ring substituents is 2. The first-order valence-electron chi connectivity index (χ1n) is 6.37. The molecule has 0 aliphatic heterocycles. The van der Waals surface area contributed by atoms with Crippen LogP contribution in [-0.4, -0.2) is 20.9 Å². The number of carboxylic acid groups (broad SMARTS) is 1. The Morgan fingerprint density at radius 2 is 1.70 bits per heavy atom. The van der Waals surface area contributed by atoms with Crippen molar-refractivity contribution in [3.05, 3.63) is 73.8 Å². The van der Waals surface area contributed by atoms with E-state index in [0.717, 1.165) is 6.07 Å². The van der Waals surface area contributed by atoms with Gasteiger partial charge in [-0.25, -0.2) is 4.79 Å². The van der Waals surface area contributed by atoms with E-state index in [-0.39, 0.29) is 29.2 Å². The predicted octanol–water partition coefficient (Wildman–Crippen LogP) is 2.81. The average Bonchev–Trinajstić information content (AvgIpc) is 2.52. The molecule has 2 aromatic rings. The molecule has 0 bridgehead atoms. The van der Waals surface area contributed by atoms with Crippen LogP contribution in [0.1, 0.15) is 15.9 Å². The number of nitrogens with one attached hydrogen (secondary N) is 1. The van der Waals surface area contributed by atoms with Gasteiger partial charge < -0.3 is 10.4 Å². The van der Waals surface area contributed by atoms with Crippen LogP contribution in [0.5, 0.6) is 0 Å². The van der Waals surface area contributed by atoms with Gasteiger partial charge in [0.25, 0.3) is 11.4 Å². The van der Waals surface area contributed by atoms with Crippen molar-refractivity contribution in [2.24, 2.45) is 0 Å². The number of anilines is 1. The maximum Gasteiger partial charge on any atom is 0.338 e. The second-order valence-electron chi connectivity index (χ2n) is 4.57. The van der Waals surface area contributed by atoms with E-state index in [1.54, 1.807) is 6.07 Å². The largest absolute Gasteiger partial charge is 0.478 e. The number of rotatable bonds is 6. The van der Waals surface area contributed by atoms with Gasteiger partial charge in [0.15, 0.2) is 0 Å². The summed E-state index contributed by atoms with van der Waals surface area (Å²) in [4.78, 5) is 31.4. The summed E-state index contributed by atoms with van der Waals surface area (Å²) in [6.07, 6.45) is 0.